The number of likely N-dealkylation sites (N-methyl/N-ethyl adjacent to an activating group) is 1. The van der Waals surface area contributed by atoms with Gasteiger partial charge in [-0.2, -0.15) is 0 Å². The number of hydrogen-bond acceptors (Lipinski definition) is 3. The summed E-state index contributed by atoms with van der Waals surface area (Å²) >= 11 is 0. The Bertz CT molecular complexity index is 187. The number of nitrogens with zero attached hydrogens (tertiary/aromatic N) is 3. The summed E-state index contributed by atoms with van der Waals surface area (Å²) in [5.41, 5.74) is 5.20. The van der Waals surface area contributed by atoms with Crippen LogP contribution in [0.25, 0.3) is 0 Å². The SMILES string of the molecule is CN(C)CCN1CCN(C(N)=O)CC1. The summed E-state index contributed by atoms with van der Waals surface area (Å²) in [6, 6.07) is -0.294. The summed E-state index contributed by atoms with van der Waals surface area (Å²) in [7, 11) is 4.14. The molecular weight excluding hydrogens is 180 g/mol. The van der Waals surface area contributed by atoms with Gasteiger partial charge in [0.15, 0.2) is 0 Å². The second-order valence-corrected chi connectivity index (χ2v) is 3.97. The van der Waals surface area contributed by atoms with E-state index in [-0.39, 0.29) is 6.03 Å². The number of nitrogens with two attached hydrogens (primary N) is 1. The lowest BCUT2D eigenvalue weighted by Crippen LogP contribution is -2.51. The van der Waals surface area contributed by atoms with E-state index in [0.29, 0.717) is 0 Å². The van der Waals surface area contributed by atoms with Crippen molar-refractivity contribution >= 4 is 6.03 Å². The molecule has 1 aliphatic heterocycles. The molecule has 5 nitrogen and oxygen atoms in total. The van der Waals surface area contributed by atoms with E-state index in [1.165, 1.54) is 0 Å². The van der Waals surface area contributed by atoms with Gasteiger partial charge < -0.3 is 15.5 Å². The van der Waals surface area contributed by atoms with Gasteiger partial charge in [0.2, 0.25) is 0 Å². The maximum atomic E-state index is 10.8. The third-order valence-corrected chi connectivity index (χ3v) is 2.55. The minimum atomic E-state index is -0.294. The Kier molecular flexibility index (Phi) is 4.16. The predicted molar refractivity (Wildman–Crippen MR) is 56.2 cm³/mol. The first-order valence-corrected chi connectivity index (χ1v) is 5.01. The molecule has 1 saturated heterocycles. The molecule has 2 N–H and O–H groups in total. The molecule has 0 bridgehead atoms. The van der Waals surface area contributed by atoms with Crippen molar-refractivity contribution in [1.29, 1.82) is 0 Å². The first kappa shape index (κ1) is 11.3. The summed E-state index contributed by atoms with van der Waals surface area (Å²) in [6.07, 6.45) is 0. The van der Waals surface area contributed by atoms with Crippen LogP contribution < -0.4 is 5.73 Å². The molecule has 0 atom stereocenters. The Morgan fingerprint density at radius 3 is 2.29 bits per heavy atom. The molecule has 0 aliphatic carbocycles. The maximum absolute atomic E-state index is 10.8. The monoisotopic (exact) mass is 200 g/mol. The third kappa shape index (κ3) is 3.51. The number of carbonyl (C=O) groups excluding carboxylic acids is 1. The highest BCUT2D eigenvalue weighted by atomic mass is 16.2. The summed E-state index contributed by atoms with van der Waals surface area (Å²) in [5, 5.41) is 0. The van der Waals surface area contributed by atoms with Crippen molar-refractivity contribution < 1.29 is 4.79 Å². The Morgan fingerprint density at radius 2 is 1.86 bits per heavy atom. The van der Waals surface area contributed by atoms with Crippen molar-refractivity contribution in [1.82, 2.24) is 14.7 Å². The van der Waals surface area contributed by atoms with Gasteiger partial charge in [0.05, 0.1) is 0 Å². The van der Waals surface area contributed by atoms with Crippen molar-refractivity contribution in [3.63, 3.8) is 0 Å². The molecule has 1 aliphatic rings. The van der Waals surface area contributed by atoms with E-state index >= 15 is 0 Å². The molecule has 1 rings (SSSR count). The fraction of sp³-hybridized carbons (Fsp3) is 0.889. The zero-order valence-corrected chi connectivity index (χ0v) is 9.07. The molecule has 0 radical (unpaired) electrons. The molecule has 0 unspecified atom stereocenters. The Morgan fingerprint density at radius 1 is 1.29 bits per heavy atom. The van der Waals surface area contributed by atoms with Gasteiger partial charge in [0, 0.05) is 39.3 Å². The van der Waals surface area contributed by atoms with Crippen LogP contribution in [-0.2, 0) is 0 Å². The maximum Gasteiger partial charge on any atom is 0.314 e. The quantitative estimate of drug-likeness (QED) is 0.652. The fourth-order valence-electron chi connectivity index (χ4n) is 1.53. The van der Waals surface area contributed by atoms with Gasteiger partial charge >= 0.3 is 6.03 Å². The molecule has 1 heterocycles. The van der Waals surface area contributed by atoms with E-state index in [9.17, 15) is 4.79 Å². The fourth-order valence-corrected chi connectivity index (χ4v) is 1.53. The van der Waals surface area contributed by atoms with Crippen LogP contribution in [0.15, 0.2) is 0 Å². The van der Waals surface area contributed by atoms with Gasteiger partial charge in [-0.1, -0.05) is 0 Å². The number of urea groups is 1. The van der Waals surface area contributed by atoms with E-state index in [2.05, 4.69) is 23.9 Å². The zero-order chi connectivity index (χ0) is 10.6. The molecule has 0 saturated carbocycles. The summed E-state index contributed by atoms with van der Waals surface area (Å²) in [5.74, 6) is 0. The minimum absolute atomic E-state index is 0.294. The first-order chi connectivity index (χ1) is 6.59. The lowest BCUT2D eigenvalue weighted by Gasteiger charge is -2.34. The highest BCUT2D eigenvalue weighted by Gasteiger charge is 2.18. The van der Waals surface area contributed by atoms with Crippen molar-refractivity contribution in [2.45, 2.75) is 0 Å². The van der Waals surface area contributed by atoms with E-state index < -0.39 is 0 Å². The van der Waals surface area contributed by atoms with Crippen molar-refractivity contribution in [2.24, 2.45) is 5.73 Å². The Balaban J connectivity index is 2.19. The van der Waals surface area contributed by atoms with E-state index in [1.807, 2.05) is 0 Å². The predicted octanol–water partition coefficient (Wildman–Crippen LogP) is -0.756. The van der Waals surface area contributed by atoms with E-state index in [1.54, 1.807) is 4.90 Å². The topological polar surface area (TPSA) is 52.8 Å². The number of piperazine rings is 1. The van der Waals surface area contributed by atoms with Crippen molar-refractivity contribution in [3.8, 4) is 0 Å². The van der Waals surface area contributed by atoms with E-state index in [4.69, 9.17) is 5.73 Å². The van der Waals surface area contributed by atoms with Crippen LogP contribution in [0.2, 0.25) is 0 Å². The molecule has 0 aromatic rings. The number of primary amides is 1. The van der Waals surface area contributed by atoms with Gasteiger partial charge in [-0.25, -0.2) is 4.79 Å². The molecule has 0 spiro atoms. The second kappa shape index (κ2) is 5.17. The van der Waals surface area contributed by atoms with Gasteiger partial charge in [0.1, 0.15) is 0 Å². The molecule has 14 heavy (non-hydrogen) atoms. The standard InChI is InChI=1S/C9H20N4O/c1-11(2)3-4-12-5-7-13(8-6-12)9(10)14/h3-8H2,1-2H3,(H2,10,14). The number of amides is 2. The normalized spacial score (nSPS) is 18.9. The van der Waals surface area contributed by atoms with Crippen LogP contribution in [0.1, 0.15) is 0 Å². The third-order valence-electron chi connectivity index (χ3n) is 2.55. The molecule has 1 fully saturated rings. The number of hydrogen-bond donors (Lipinski definition) is 1. The highest BCUT2D eigenvalue weighted by molar-refractivity contribution is 5.72. The van der Waals surface area contributed by atoms with Gasteiger partial charge in [-0.15, -0.1) is 0 Å². The average molecular weight is 200 g/mol. The summed E-state index contributed by atoms with van der Waals surface area (Å²) in [4.78, 5) is 17.1. The summed E-state index contributed by atoms with van der Waals surface area (Å²) in [6.45, 7) is 5.55. The molecule has 2 amide bonds. The lowest BCUT2D eigenvalue weighted by atomic mass is 10.3. The number of rotatable bonds is 3. The molecular formula is C9H20N4O. The minimum Gasteiger partial charge on any atom is -0.351 e. The highest BCUT2D eigenvalue weighted by Crippen LogP contribution is 2.00. The Labute approximate surface area is 85.4 Å². The van der Waals surface area contributed by atoms with Crippen molar-refractivity contribution in [2.75, 3.05) is 53.4 Å². The molecule has 82 valence electrons. The van der Waals surface area contributed by atoms with Crippen LogP contribution in [0.3, 0.4) is 0 Å². The molecule has 0 aromatic heterocycles. The van der Waals surface area contributed by atoms with E-state index in [0.717, 1.165) is 39.3 Å². The second-order valence-electron chi connectivity index (χ2n) is 3.97. The van der Waals surface area contributed by atoms with Crippen LogP contribution in [0.4, 0.5) is 4.79 Å². The molecule has 0 aromatic carbocycles. The van der Waals surface area contributed by atoms with Crippen LogP contribution in [-0.4, -0.2) is 74.1 Å². The van der Waals surface area contributed by atoms with Crippen LogP contribution >= 0.6 is 0 Å². The zero-order valence-electron chi connectivity index (χ0n) is 9.07. The largest absolute Gasteiger partial charge is 0.351 e. The Hall–Kier alpha value is -0.810. The number of carbonyl (C=O) groups is 1. The van der Waals surface area contributed by atoms with Gasteiger partial charge in [-0.05, 0) is 14.1 Å². The first-order valence-electron chi connectivity index (χ1n) is 5.01. The molecule has 5 heteroatoms. The summed E-state index contributed by atoms with van der Waals surface area (Å²) < 4.78 is 0. The van der Waals surface area contributed by atoms with Gasteiger partial charge in [0.25, 0.3) is 0 Å². The van der Waals surface area contributed by atoms with Gasteiger partial charge in [-0.3, -0.25) is 4.90 Å². The smallest absolute Gasteiger partial charge is 0.314 e. The lowest BCUT2D eigenvalue weighted by molar-refractivity contribution is 0.138. The van der Waals surface area contributed by atoms with Crippen molar-refractivity contribution in [3.05, 3.63) is 0 Å². The van der Waals surface area contributed by atoms with Crippen LogP contribution in [0.5, 0.6) is 0 Å². The van der Waals surface area contributed by atoms with Crippen LogP contribution in [0, 0.1) is 0 Å². The average Bonchev–Trinajstić information content (AvgIpc) is 2.15.